The van der Waals surface area contributed by atoms with E-state index in [1.165, 1.54) is 10.4 Å². The summed E-state index contributed by atoms with van der Waals surface area (Å²) in [6, 6.07) is 14.0. The molecule has 0 spiro atoms. The molecule has 31 heavy (non-hydrogen) atoms. The Hall–Kier alpha value is -2.38. The Kier molecular flexibility index (Phi) is 7.06. The van der Waals surface area contributed by atoms with E-state index in [2.05, 4.69) is 6.92 Å². The SMILES string of the molecule is COc1ccc(CN(C(=O)c2cccc(S(=O)(=O)N(C)C(C)C)c2)C(C)C2CC2)cc1. The maximum absolute atomic E-state index is 13.5. The first kappa shape index (κ1) is 23.3. The number of methoxy groups -OCH3 is 1. The standard InChI is InChI=1S/C24H32N2O4S/c1-17(2)25(4)31(28,29)23-8-6-7-21(15-23)24(27)26(18(3)20-11-12-20)16-19-9-13-22(30-5)14-10-19/h6-10,13-15,17-18,20H,11-12,16H2,1-5H3. The number of amides is 1. The number of nitrogens with zero attached hydrogens (tertiary/aromatic N) is 2. The zero-order valence-corrected chi connectivity index (χ0v) is 19.7. The van der Waals surface area contributed by atoms with E-state index < -0.39 is 10.0 Å². The number of hydrogen-bond donors (Lipinski definition) is 0. The van der Waals surface area contributed by atoms with Gasteiger partial charge in [-0.05, 0) is 75.4 Å². The van der Waals surface area contributed by atoms with Gasteiger partial charge in [0.05, 0.1) is 12.0 Å². The fourth-order valence-corrected chi connectivity index (χ4v) is 4.97. The van der Waals surface area contributed by atoms with Gasteiger partial charge in [0.25, 0.3) is 5.91 Å². The normalized spacial score (nSPS) is 15.2. The molecule has 6 nitrogen and oxygen atoms in total. The smallest absolute Gasteiger partial charge is 0.254 e. The second kappa shape index (κ2) is 9.40. The molecule has 1 aliphatic rings. The summed E-state index contributed by atoms with van der Waals surface area (Å²) in [7, 11) is -0.484. The first-order chi connectivity index (χ1) is 14.6. The number of carbonyl (C=O) groups excluding carboxylic acids is 1. The minimum atomic E-state index is -3.66. The molecule has 0 saturated heterocycles. The van der Waals surface area contributed by atoms with Gasteiger partial charge in [0.1, 0.15) is 5.75 Å². The Labute approximate surface area is 185 Å². The zero-order valence-electron chi connectivity index (χ0n) is 18.9. The first-order valence-electron chi connectivity index (χ1n) is 10.7. The van der Waals surface area contributed by atoms with Crippen molar-refractivity contribution >= 4 is 15.9 Å². The van der Waals surface area contributed by atoms with Crippen LogP contribution in [0.3, 0.4) is 0 Å². The van der Waals surface area contributed by atoms with Crippen molar-refractivity contribution in [2.24, 2.45) is 5.92 Å². The third-order valence-electron chi connectivity index (χ3n) is 6.05. The predicted octanol–water partition coefficient (Wildman–Crippen LogP) is 4.17. The lowest BCUT2D eigenvalue weighted by molar-refractivity contribution is 0.0654. The van der Waals surface area contributed by atoms with Gasteiger partial charge in [-0.25, -0.2) is 8.42 Å². The number of carbonyl (C=O) groups is 1. The Balaban J connectivity index is 1.90. The summed E-state index contributed by atoms with van der Waals surface area (Å²) >= 11 is 0. The number of hydrogen-bond acceptors (Lipinski definition) is 4. The van der Waals surface area contributed by atoms with Crippen LogP contribution in [0.25, 0.3) is 0 Å². The summed E-state index contributed by atoms with van der Waals surface area (Å²) in [5.74, 6) is 1.10. The van der Waals surface area contributed by atoms with Crippen LogP contribution in [0.1, 0.15) is 49.5 Å². The molecule has 1 unspecified atom stereocenters. The van der Waals surface area contributed by atoms with Gasteiger partial charge in [-0.15, -0.1) is 0 Å². The van der Waals surface area contributed by atoms with Crippen LogP contribution in [0.4, 0.5) is 0 Å². The Morgan fingerprint density at radius 1 is 1.10 bits per heavy atom. The lowest BCUT2D eigenvalue weighted by atomic mass is 10.1. The fraction of sp³-hybridized carbons (Fsp3) is 0.458. The maximum atomic E-state index is 13.5. The average Bonchev–Trinajstić information content (AvgIpc) is 3.62. The highest BCUT2D eigenvalue weighted by molar-refractivity contribution is 7.89. The molecule has 168 valence electrons. The molecule has 2 aromatic rings. The maximum Gasteiger partial charge on any atom is 0.254 e. The second-order valence-corrected chi connectivity index (χ2v) is 10.5. The molecule has 0 aliphatic heterocycles. The van der Waals surface area contributed by atoms with E-state index in [1.54, 1.807) is 32.4 Å². The second-order valence-electron chi connectivity index (χ2n) is 8.50. The fourth-order valence-electron chi connectivity index (χ4n) is 3.56. The van der Waals surface area contributed by atoms with Crippen LogP contribution in [0.2, 0.25) is 0 Å². The molecular formula is C24H32N2O4S. The van der Waals surface area contributed by atoms with E-state index in [4.69, 9.17) is 4.74 Å². The van der Waals surface area contributed by atoms with Crippen LogP contribution in [0, 0.1) is 5.92 Å². The summed E-state index contributed by atoms with van der Waals surface area (Å²) in [4.78, 5) is 15.5. The highest BCUT2D eigenvalue weighted by atomic mass is 32.2. The molecule has 1 saturated carbocycles. The van der Waals surface area contributed by atoms with E-state index in [0.717, 1.165) is 24.2 Å². The zero-order chi connectivity index (χ0) is 22.8. The minimum absolute atomic E-state index is 0.0770. The van der Waals surface area contributed by atoms with Gasteiger partial charge in [0.2, 0.25) is 10.0 Å². The summed E-state index contributed by atoms with van der Waals surface area (Å²) in [5.41, 5.74) is 1.39. The number of rotatable bonds is 9. The first-order valence-corrected chi connectivity index (χ1v) is 12.1. The van der Waals surface area contributed by atoms with Gasteiger partial charge in [0, 0.05) is 31.2 Å². The third kappa shape index (κ3) is 5.28. The molecule has 1 aliphatic carbocycles. The Bertz CT molecular complexity index is 1010. The van der Waals surface area contributed by atoms with Crippen molar-refractivity contribution in [3.05, 3.63) is 59.7 Å². The van der Waals surface area contributed by atoms with Crippen molar-refractivity contribution in [3.8, 4) is 5.75 Å². The Morgan fingerprint density at radius 3 is 2.29 bits per heavy atom. The molecule has 1 fully saturated rings. The van der Waals surface area contributed by atoms with Crippen LogP contribution < -0.4 is 4.74 Å². The molecule has 1 atom stereocenters. The van der Waals surface area contributed by atoms with Crippen molar-refractivity contribution in [3.63, 3.8) is 0 Å². The van der Waals surface area contributed by atoms with E-state index >= 15 is 0 Å². The van der Waals surface area contributed by atoms with Crippen LogP contribution in [0.15, 0.2) is 53.4 Å². The van der Waals surface area contributed by atoms with Crippen LogP contribution in [-0.4, -0.2) is 49.8 Å². The molecule has 3 rings (SSSR count). The highest BCUT2D eigenvalue weighted by Gasteiger charge is 2.35. The quantitative estimate of drug-likeness (QED) is 0.582. The van der Waals surface area contributed by atoms with Gasteiger partial charge < -0.3 is 9.64 Å². The van der Waals surface area contributed by atoms with Crippen molar-refractivity contribution < 1.29 is 17.9 Å². The van der Waals surface area contributed by atoms with E-state index in [9.17, 15) is 13.2 Å². The van der Waals surface area contributed by atoms with Gasteiger partial charge >= 0.3 is 0 Å². The van der Waals surface area contributed by atoms with Gasteiger partial charge in [-0.1, -0.05) is 18.2 Å². The summed E-state index contributed by atoms with van der Waals surface area (Å²) in [6.07, 6.45) is 2.22. The van der Waals surface area contributed by atoms with Crippen molar-refractivity contribution in [2.45, 2.75) is 57.1 Å². The summed E-state index contributed by atoms with van der Waals surface area (Å²) in [5, 5.41) is 0. The van der Waals surface area contributed by atoms with Crippen molar-refractivity contribution in [1.82, 2.24) is 9.21 Å². The number of sulfonamides is 1. The van der Waals surface area contributed by atoms with Gasteiger partial charge in [0.15, 0.2) is 0 Å². The highest BCUT2D eigenvalue weighted by Crippen LogP contribution is 2.36. The molecule has 7 heteroatoms. The molecule has 0 aromatic heterocycles. The number of ether oxygens (including phenoxy) is 1. The molecular weight excluding hydrogens is 412 g/mol. The minimum Gasteiger partial charge on any atom is -0.497 e. The van der Waals surface area contributed by atoms with Crippen LogP contribution in [-0.2, 0) is 16.6 Å². The lowest BCUT2D eigenvalue weighted by Crippen LogP contribution is -2.39. The molecule has 0 N–H and O–H groups in total. The van der Waals surface area contributed by atoms with E-state index in [-0.39, 0.29) is 22.9 Å². The largest absolute Gasteiger partial charge is 0.497 e. The number of benzene rings is 2. The molecule has 2 aromatic carbocycles. The van der Waals surface area contributed by atoms with Gasteiger partial charge in [-0.2, -0.15) is 4.31 Å². The molecule has 1 amide bonds. The van der Waals surface area contributed by atoms with E-state index in [0.29, 0.717) is 18.0 Å². The van der Waals surface area contributed by atoms with Crippen LogP contribution >= 0.6 is 0 Å². The van der Waals surface area contributed by atoms with Crippen molar-refractivity contribution in [2.75, 3.05) is 14.2 Å². The average molecular weight is 445 g/mol. The topological polar surface area (TPSA) is 66.9 Å². The van der Waals surface area contributed by atoms with Crippen LogP contribution in [0.5, 0.6) is 5.75 Å². The Morgan fingerprint density at radius 2 is 1.74 bits per heavy atom. The summed E-state index contributed by atoms with van der Waals surface area (Å²) in [6.45, 7) is 6.18. The molecule has 0 radical (unpaired) electrons. The monoisotopic (exact) mass is 444 g/mol. The summed E-state index contributed by atoms with van der Waals surface area (Å²) < 4.78 is 32.4. The van der Waals surface area contributed by atoms with E-state index in [1.807, 2.05) is 43.0 Å². The third-order valence-corrected chi connectivity index (χ3v) is 8.08. The van der Waals surface area contributed by atoms with Gasteiger partial charge in [-0.3, -0.25) is 4.79 Å². The predicted molar refractivity (Wildman–Crippen MR) is 122 cm³/mol. The molecule has 0 bridgehead atoms. The molecule has 0 heterocycles. The van der Waals surface area contributed by atoms with Crippen molar-refractivity contribution in [1.29, 1.82) is 0 Å². The lowest BCUT2D eigenvalue weighted by Gasteiger charge is -2.30.